The van der Waals surface area contributed by atoms with Crippen molar-refractivity contribution in [2.24, 2.45) is 0 Å². The predicted octanol–water partition coefficient (Wildman–Crippen LogP) is 6.52. The van der Waals surface area contributed by atoms with E-state index in [1.54, 1.807) is 6.07 Å². The molecule has 130 valence electrons. The zero-order valence-corrected chi connectivity index (χ0v) is 16.4. The summed E-state index contributed by atoms with van der Waals surface area (Å²) in [5.74, 6) is 0.739. The number of hydrogen-bond acceptors (Lipinski definition) is 2. The van der Waals surface area contributed by atoms with Crippen molar-refractivity contribution in [2.75, 3.05) is 5.33 Å². The highest BCUT2D eigenvalue weighted by atomic mass is 79.9. The molecule has 0 aliphatic heterocycles. The third kappa shape index (κ3) is 7.07. The number of rotatable bonds is 11. The molecule has 1 N–H and O–H groups in total. The van der Waals surface area contributed by atoms with Crippen molar-refractivity contribution in [3.05, 3.63) is 28.8 Å². The lowest BCUT2D eigenvalue weighted by Crippen LogP contribution is -2.04. The maximum atomic E-state index is 12.4. The number of phenols is 1. The van der Waals surface area contributed by atoms with Crippen LogP contribution in [0, 0.1) is 6.92 Å². The second-order valence-corrected chi connectivity index (χ2v) is 7.51. The molecule has 0 radical (unpaired) electrons. The van der Waals surface area contributed by atoms with Gasteiger partial charge < -0.3 is 5.11 Å². The Labute approximate surface area is 149 Å². The fourth-order valence-corrected chi connectivity index (χ4v) is 3.27. The van der Waals surface area contributed by atoms with E-state index >= 15 is 0 Å². The van der Waals surface area contributed by atoms with Gasteiger partial charge in [0.15, 0.2) is 5.78 Å². The fourth-order valence-electron chi connectivity index (χ4n) is 2.87. The first kappa shape index (κ1) is 20.2. The minimum absolute atomic E-state index is 0.212. The van der Waals surface area contributed by atoms with Crippen LogP contribution in [-0.2, 0) is 0 Å². The van der Waals surface area contributed by atoms with E-state index < -0.39 is 0 Å². The van der Waals surface area contributed by atoms with Gasteiger partial charge in [0.1, 0.15) is 5.75 Å². The fraction of sp³-hybridized carbons (Fsp3) is 0.650. The van der Waals surface area contributed by atoms with Crippen molar-refractivity contribution in [2.45, 2.75) is 78.1 Å². The van der Waals surface area contributed by atoms with Crippen LogP contribution in [0.4, 0.5) is 0 Å². The normalized spacial score (nSPS) is 11.2. The monoisotopic (exact) mass is 382 g/mol. The summed E-state index contributed by atoms with van der Waals surface area (Å²) in [5.41, 5.74) is 2.53. The molecule has 2 nitrogen and oxygen atoms in total. The highest BCUT2D eigenvalue weighted by molar-refractivity contribution is 9.09. The number of unbranched alkanes of at least 4 members (excludes halogenated alkanes) is 6. The van der Waals surface area contributed by atoms with E-state index in [1.165, 1.54) is 32.1 Å². The topological polar surface area (TPSA) is 37.3 Å². The van der Waals surface area contributed by atoms with Crippen molar-refractivity contribution in [1.82, 2.24) is 0 Å². The third-order valence-corrected chi connectivity index (χ3v) is 4.89. The lowest BCUT2D eigenvalue weighted by molar-refractivity contribution is 0.0978. The number of benzene rings is 1. The van der Waals surface area contributed by atoms with E-state index in [2.05, 4.69) is 15.9 Å². The lowest BCUT2D eigenvalue weighted by atomic mass is 9.93. The number of phenolic OH excluding ortho intramolecular Hbond substituents is 1. The molecule has 0 saturated carbocycles. The summed E-state index contributed by atoms with van der Waals surface area (Å²) in [6.45, 7) is 5.98. The molecular weight excluding hydrogens is 352 g/mol. The SMILES string of the molecule is Cc1cc(O)c(C(C)C)cc1C(=O)CCCCCCCCCBr. The van der Waals surface area contributed by atoms with E-state index in [0.717, 1.165) is 34.9 Å². The van der Waals surface area contributed by atoms with Gasteiger partial charge in [-0.05, 0) is 48.9 Å². The molecule has 0 fully saturated rings. The molecule has 0 saturated heterocycles. The maximum absolute atomic E-state index is 12.4. The molecule has 1 aromatic rings. The lowest BCUT2D eigenvalue weighted by Gasteiger charge is -2.13. The Bertz CT molecular complexity index is 495. The number of carbonyl (C=O) groups is 1. The Kier molecular flexibility index (Phi) is 9.54. The first-order valence-electron chi connectivity index (χ1n) is 8.90. The Balaban J connectivity index is 2.42. The van der Waals surface area contributed by atoms with E-state index in [-0.39, 0.29) is 11.7 Å². The molecule has 0 spiro atoms. The first-order valence-corrected chi connectivity index (χ1v) is 10.0. The van der Waals surface area contributed by atoms with Crippen molar-refractivity contribution in [1.29, 1.82) is 0 Å². The van der Waals surface area contributed by atoms with Crippen LogP contribution >= 0.6 is 15.9 Å². The number of aryl methyl sites for hydroxylation is 1. The van der Waals surface area contributed by atoms with Gasteiger partial charge in [0.2, 0.25) is 0 Å². The molecule has 0 atom stereocenters. The average molecular weight is 383 g/mol. The number of aromatic hydroxyl groups is 1. The Morgan fingerprint density at radius 3 is 2.17 bits per heavy atom. The second kappa shape index (κ2) is 10.9. The van der Waals surface area contributed by atoms with Crippen LogP contribution in [-0.4, -0.2) is 16.2 Å². The van der Waals surface area contributed by atoms with Crippen molar-refractivity contribution >= 4 is 21.7 Å². The summed E-state index contributed by atoms with van der Waals surface area (Å²) >= 11 is 3.45. The standard InChI is InChI=1S/C20H31BrO2/c1-15(2)17-14-18(16(3)13-20(17)23)19(22)11-9-7-5-4-6-8-10-12-21/h13-15,23H,4-12H2,1-3H3. The van der Waals surface area contributed by atoms with E-state index in [4.69, 9.17) is 0 Å². The molecule has 1 aromatic carbocycles. The van der Waals surface area contributed by atoms with Gasteiger partial charge in [0.25, 0.3) is 0 Å². The molecule has 0 heterocycles. The van der Waals surface area contributed by atoms with Gasteiger partial charge in [-0.25, -0.2) is 0 Å². The van der Waals surface area contributed by atoms with Crippen LogP contribution in [0.25, 0.3) is 0 Å². The summed E-state index contributed by atoms with van der Waals surface area (Å²) in [4.78, 5) is 12.4. The number of ketones is 1. The molecule has 0 bridgehead atoms. The van der Waals surface area contributed by atoms with Gasteiger partial charge in [-0.15, -0.1) is 0 Å². The van der Waals surface area contributed by atoms with Gasteiger partial charge in [0.05, 0.1) is 0 Å². The van der Waals surface area contributed by atoms with Crippen LogP contribution in [0.1, 0.15) is 92.6 Å². The van der Waals surface area contributed by atoms with Crippen molar-refractivity contribution < 1.29 is 9.90 Å². The highest BCUT2D eigenvalue weighted by Gasteiger charge is 2.14. The molecule has 0 aromatic heterocycles. The first-order chi connectivity index (χ1) is 11.0. The molecule has 23 heavy (non-hydrogen) atoms. The zero-order chi connectivity index (χ0) is 17.2. The Morgan fingerprint density at radius 2 is 1.61 bits per heavy atom. The quantitative estimate of drug-likeness (QED) is 0.268. The number of carbonyl (C=O) groups excluding carboxylic acids is 1. The third-order valence-electron chi connectivity index (χ3n) is 4.33. The average Bonchev–Trinajstić information content (AvgIpc) is 2.49. The predicted molar refractivity (Wildman–Crippen MR) is 102 cm³/mol. The van der Waals surface area contributed by atoms with E-state index in [0.29, 0.717) is 12.2 Å². The smallest absolute Gasteiger partial charge is 0.163 e. The minimum Gasteiger partial charge on any atom is -0.508 e. The summed E-state index contributed by atoms with van der Waals surface area (Å²) in [7, 11) is 0. The number of hydrogen-bond donors (Lipinski definition) is 1. The Hall–Kier alpha value is -0.830. The number of halogens is 1. The number of alkyl halides is 1. The van der Waals surface area contributed by atoms with Crippen LogP contribution in [0.2, 0.25) is 0 Å². The largest absolute Gasteiger partial charge is 0.508 e. The summed E-state index contributed by atoms with van der Waals surface area (Å²) < 4.78 is 0. The van der Waals surface area contributed by atoms with Crippen LogP contribution < -0.4 is 0 Å². The van der Waals surface area contributed by atoms with Crippen LogP contribution in [0.15, 0.2) is 12.1 Å². The van der Waals surface area contributed by atoms with Crippen molar-refractivity contribution in [3.63, 3.8) is 0 Å². The van der Waals surface area contributed by atoms with Crippen LogP contribution in [0.3, 0.4) is 0 Å². The van der Waals surface area contributed by atoms with Gasteiger partial charge >= 0.3 is 0 Å². The number of Topliss-reactive ketones (excluding diaryl/α,β-unsaturated/α-hetero) is 1. The van der Waals surface area contributed by atoms with E-state index in [1.807, 2.05) is 26.8 Å². The molecule has 1 rings (SSSR count). The van der Waals surface area contributed by atoms with E-state index in [9.17, 15) is 9.90 Å². The van der Waals surface area contributed by atoms with Gasteiger partial charge in [0, 0.05) is 17.3 Å². The van der Waals surface area contributed by atoms with Crippen molar-refractivity contribution in [3.8, 4) is 5.75 Å². The highest BCUT2D eigenvalue weighted by Crippen LogP contribution is 2.29. The second-order valence-electron chi connectivity index (χ2n) is 6.72. The minimum atomic E-state index is 0.212. The van der Waals surface area contributed by atoms with Gasteiger partial charge in [-0.2, -0.15) is 0 Å². The van der Waals surface area contributed by atoms with Gasteiger partial charge in [-0.3, -0.25) is 4.79 Å². The molecular formula is C20H31BrO2. The summed E-state index contributed by atoms with van der Waals surface area (Å²) in [6.07, 6.45) is 9.08. The zero-order valence-electron chi connectivity index (χ0n) is 14.8. The van der Waals surface area contributed by atoms with Crippen LogP contribution in [0.5, 0.6) is 5.75 Å². The molecule has 0 unspecified atom stereocenters. The molecule has 0 aliphatic carbocycles. The summed E-state index contributed by atoms with van der Waals surface area (Å²) in [6, 6.07) is 3.62. The van der Waals surface area contributed by atoms with Gasteiger partial charge in [-0.1, -0.05) is 61.9 Å². The maximum Gasteiger partial charge on any atom is 0.163 e. The molecule has 0 amide bonds. The molecule has 3 heteroatoms. The molecule has 0 aliphatic rings. The Morgan fingerprint density at radius 1 is 1.04 bits per heavy atom. The summed E-state index contributed by atoms with van der Waals surface area (Å²) in [5, 5.41) is 11.1.